The number of aromatic carboxylic acids is 1. The van der Waals surface area contributed by atoms with Gasteiger partial charge in [-0.05, 0) is 29.8 Å². The summed E-state index contributed by atoms with van der Waals surface area (Å²) in [6.45, 7) is 1.88. The lowest BCUT2D eigenvalue weighted by atomic mass is 10.1. The second-order valence-corrected chi connectivity index (χ2v) is 5.69. The van der Waals surface area contributed by atoms with Crippen molar-refractivity contribution in [2.45, 2.75) is 6.54 Å². The number of pyridine rings is 1. The molecule has 0 bridgehead atoms. The smallest absolute Gasteiger partial charge is 0.335 e. The lowest BCUT2D eigenvalue weighted by molar-refractivity contribution is -0.131. The average Bonchev–Trinajstić information content (AvgIpc) is 2.58. The zero-order valence-electron chi connectivity index (χ0n) is 13.1. The van der Waals surface area contributed by atoms with E-state index in [-0.39, 0.29) is 18.0 Å². The van der Waals surface area contributed by atoms with E-state index in [4.69, 9.17) is 10.8 Å². The van der Waals surface area contributed by atoms with Gasteiger partial charge >= 0.3 is 5.97 Å². The first-order valence-electron chi connectivity index (χ1n) is 7.59. The van der Waals surface area contributed by atoms with Crippen LogP contribution in [0.1, 0.15) is 15.9 Å². The number of benzene rings is 1. The van der Waals surface area contributed by atoms with E-state index >= 15 is 0 Å². The highest BCUT2D eigenvalue weighted by atomic mass is 16.4. The third kappa shape index (κ3) is 3.45. The van der Waals surface area contributed by atoms with Crippen LogP contribution in [0.3, 0.4) is 0 Å². The van der Waals surface area contributed by atoms with E-state index in [1.807, 2.05) is 11.0 Å². The van der Waals surface area contributed by atoms with Crippen LogP contribution in [0.15, 0.2) is 42.6 Å². The standard InChI is InChI=1S/C17H18N4O3/c18-14-4-5-15(19-9-14)20-6-7-21(16(22)11-20)10-12-2-1-3-13(8-12)17(23)24/h1-5,8-9H,6-7,10-11,18H2,(H,23,24). The molecular formula is C17H18N4O3. The average molecular weight is 326 g/mol. The van der Waals surface area contributed by atoms with Crippen LogP contribution in [0.2, 0.25) is 0 Å². The zero-order valence-corrected chi connectivity index (χ0v) is 13.1. The molecule has 1 amide bonds. The van der Waals surface area contributed by atoms with Gasteiger partial charge in [0.1, 0.15) is 5.82 Å². The quantitative estimate of drug-likeness (QED) is 0.876. The van der Waals surface area contributed by atoms with E-state index in [1.165, 1.54) is 0 Å². The Morgan fingerprint density at radius 2 is 2.08 bits per heavy atom. The van der Waals surface area contributed by atoms with E-state index in [9.17, 15) is 9.59 Å². The molecule has 0 saturated carbocycles. The molecule has 3 rings (SSSR count). The maximum atomic E-state index is 12.4. The lowest BCUT2D eigenvalue weighted by Gasteiger charge is -2.35. The first-order chi connectivity index (χ1) is 11.5. The molecular weight excluding hydrogens is 308 g/mol. The highest BCUT2D eigenvalue weighted by molar-refractivity contribution is 5.87. The summed E-state index contributed by atoms with van der Waals surface area (Å²) in [5, 5.41) is 9.04. The molecule has 1 aliphatic rings. The molecule has 7 heteroatoms. The summed E-state index contributed by atoms with van der Waals surface area (Å²) < 4.78 is 0. The molecule has 3 N–H and O–H groups in total. The summed E-state index contributed by atoms with van der Waals surface area (Å²) >= 11 is 0. The second kappa shape index (κ2) is 6.57. The molecule has 1 aromatic heterocycles. The molecule has 124 valence electrons. The molecule has 0 spiro atoms. The zero-order chi connectivity index (χ0) is 17.1. The monoisotopic (exact) mass is 326 g/mol. The number of nitrogens with zero attached hydrogens (tertiary/aromatic N) is 3. The Morgan fingerprint density at radius 1 is 1.25 bits per heavy atom. The molecule has 24 heavy (non-hydrogen) atoms. The van der Waals surface area contributed by atoms with E-state index in [1.54, 1.807) is 41.4 Å². The molecule has 2 heterocycles. The van der Waals surface area contributed by atoms with Crippen molar-refractivity contribution in [3.05, 3.63) is 53.7 Å². The Balaban J connectivity index is 1.66. The van der Waals surface area contributed by atoms with Gasteiger partial charge in [0.15, 0.2) is 0 Å². The van der Waals surface area contributed by atoms with Crippen molar-refractivity contribution in [2.75, 3.05) is 30.3 Å². The summed E-state index contributed by atoms with van der Waals surface area (Å²) in [6, 6.07) is 10.2. The van der Waals surface area contributed by atoms with Crippen LogP contribution in [0.25, 0.3) is 0 Å². The van der Waals surface area contributed by atoms with Gasteiger partial charge in [0.2, 0.25) is 5.91 Å². The van der Waals surface area contributed by atoms with Gasteiger partial charge in [0.05, 0.1) is 24.0 Å². The number of aromatic nitrogens is 1. The summed E-state index contributed by atoms with van der Waals surface area (Å²) in [6.07, 6.45) is 1.57. The van der Waals surface area contributed by atoms with Gasteiger partial charge < -0.3 is 20.6 Å². The number of piperazine rings is 1. The Bertz CT molecular complexity index is 761. The summed E-state index contributed by atoms with van der Waals surface area (Å²) in [7, 11) is 0. The minimum atomic E-state index is -0.970. The Kier molecular flexibility index (Phi) is 4.33. The number of carbonyl (C=O) groups excluding carboxylic acids is 1. The third-order valence-corrected chi connectivity index (χ3v) is 3.96. The number of hydrogen-bond donors (Lipinski definition) is 2. The number of amides is 1. The summed E-state index contributed by atoms with van der Waals surface area (Å²) in [4.78, 5) is 31.3. The Morgan fingerprint density at radius 3 is 2.75 bits per heavy atom. The van der Waals surface area contributed by atoms with E-state index in [0.717, 1.165) is 11.4 Å². The molecule has 1 saturated heterocycles. The van der Waals surface area contributed by atoms with Crippen LogP contribution in [-0.2, 0) is 11.3 Å². The van der Waals surface area contributed by atoms with E-state index in [2.05, 4.69) is 4.98 Å². The van der Waals surface area contributed by atoms with Gasteiger partial charge in [0, 0.05) is 19.6 Å². The number of hydrogen-bond acceptors (Lipinski definition) is 5. The highest BCUT2D eigenvalue weighted by Crippen LogP contribution is 2.17. The number of rotatable bonds is 4. The van der Waals surface area contributed by atoms with Crippen molar-refractivity contribution in [2.24, 2.45) is 0 Å². The maximum Gasteiger partial charge on any atom is 0.335 e. The fourth-order valence-corrected chi connectivity index (χ4v) is 2.68. The van der Waals surface area contributed by atoms with Crippen molar-refractivity contribution in [1.82, 2.24) is 9.88 Å². The molecule has 1 aromatic carbocycles. The van der Waals surface area contributed by atoms with Crippen molar-refractivity contribution in [3.63, 3.8) is 0 Å². The number of nitrogens with two attached hydrogens (primary N) is 1. The molecule has 1 fully saturated rings. The topological polar surface area (TPSA) is 99.8 Å². The lowest BCUT2D eigenvalue weighted by Crippen LogP contribution is -2.50. The fraction of sp³-hybridized carbons (Fsp3) is 0.235. The van der Waals surface area contributed by atoms with E-state index < -0.39 is 5.97 Å². The van der Waals surface area contributed by atoms with Gasteiger partial charge in [-0.2, -0.15) is 0 Å². The molecule has 2 aromatic rings. The predicted molar refractivity (Wildman–Crippen MR) is 89.7 cm³/mol. The van der Waals surface area contributed by atoms with Crippen molar-refractivity contribution in [1.29, 1.82) is 0 Å². The third-order valence-electron chi connectivity index (χ3n) is 3.96. The van der Waals surface area contributed by atoms with Gasteiger partial charge in [-0.15, -0.1) is 0 Å². The second-order valence-electron chi connectivity index (χ2n) is 5.69. The molecule has 0 unspecified atom stereocenters. The van der Waals surface area contributed by atoms with Crippen LogP contribution in [0.5, 0.6) is 0 Å². The number of anilines is 2. The first kappa shape index (κ1) is 15.8. The Hall–Kier alpha value is -3.09. The minimum absolute atomic E-state index is 0.0133. The van der Waals surface area contributed by atoms with Crippen LogP contribution in [-0.4, -0.2) is 46.5 Å². The maximum absolute atomic E-state index is 12.4. The normalized spacial score (nSPS) is 14.8. The molecule has 0 radical (unpaired) electrons. The van der Waals surface area contributed by atoms with Crippen molar-refractivity contribution >= 4 is 23.4 Å². The van der Waals surface area contributed by atoms with Crippen LogP contribution < -0.4 is 10.6 Å². The fourth-order valence-electron chi connectivity index (χ4n) is 2.68. The Labute approximate surface area is 139 Å². The van der Waals surface area contributed by atoms with Gasteiger partial charge in [-0.1, -0.05) is 12.1 Å². The van der Waals surface area contributed by atoms with Crippen LogP contribution >= 0.6 is 0 Å². The van der Waals surface area contributed by atoms with E-state index in [0.29, 0.717) is 25.3 Å². The van der Waals surface area contributed by atoms with Gasteiger partial charge in [0.25, 0.3) is 0 Å². The molecule has 1 aliphatic heterocycles. The van der Waals surface area contributed by atoms with Crippen LogP contribution in [0.4, 0.5) is 11.5 Å². The molecule has 0 aliphatic carbocycles. The first-order valence-corrected chi connectivity index (χ1v) is 7.59. The van der Waals surface area contributed by atoms with Gasteiger partial charge in [-0.25, -0.2) is 9.78 Å². The molecule has 7 nitrogen and oxygen atoms in total. The predicted octanol–water partition coefficient (Wildman–Crippen LogP) is 1.21. The van der Waals surface area contributed by atoms with Gasteiger partial charge in [-0.3, -0.25) is 4.79 Å². The highest BCUT2D eigenvalue weighted by Gasteiger charge is 2.24. The molecule has 0 atom stereocenters. The number of carboxylic acid groups (broad SMARTS) is 1. The van der Waals surface area contributed by atoms with Crippen molar-refractivity contribution < 1.29 is 14.7 Å². The number of carboxylic acids is 1. The van der Waals surface area contributed by atoms with Crippen molar-refractivity contribution in [3.8, 4) is 0 Å². The SMILES string of the molecule is Nc1ccc(N2CCN(Cc3cccc(C(=O)O)c3)C(=O)C2)nc1. The largest absolute Gasteiger partial charge is 0.478 e. The number of nitrogen functional groups attached to an aromatic ring is 1. The summed E-state index contributed by atoms with van der Waals surface area (Å²) in [5.41, 5.74) is 7.25. The van der Waals surface area contributed by atoms with Crippen LogP contribution in [0, 0.1) is 0 Å². The summed E-state index contributed by atoms with van der Waals surface area (Å²) in [5.74, 6) is -0.256. The minimum Gasteiger partial charge on any atom is -0.478 e. The number of carbonyl (C=O) groups is 2.